The summed E-state index contributed by atoms with van der Waals surface area (Å²) < 4.78 is 0. The van der Waals surface area contributed by atoms with Crippen LogP contribution in [-0.2, 0) is 134 Å². The summed E-state index contributed by atoms with van der Waals surface area (Å²) in [6.45, 7) is 0. The van der Waals surface area contributed by atoms with Crippen LogP contribution in [0.3, 0.4) is 0 Å². The van der Waals surface area contributed by atoms with E-state index < -0.39 is 0 Å². The molecular formula is Ce2La2O3Y2Zr2. The Bertz CT molecular complexity index is 25.3. The molecular weight excluding hydrogens is 966 g/mol. The molecule has 0 aromatic heterocycles. The van der Waals surface area contributed by atoms with Gasteiger partial charge in [0.05, 0.1) is 0 Å². The maximum Gasteiger partial charge on any atom is 3.00 e. The molecule has 0 saturated carbocycles. The van der Waals surface area contributed by atoms with Gasteiger partial charge in [-0.2, -0.15) is 0 Å². The van der Waals surface area contributed by atoms with Crippen LogP contribution < -0.4 is 0 Å². The van der Waals surface area contributed by atoms with E-state index in [1.807, 2.05) is 0 Å². The molecule has 0 heterocycles. The van der Waals surface area contributed by atoms with Crippen LogP contribution in [-0.4, -0.2) is 0 Å². The zero-order chi connectivity index (χ0) is 0. The molecule has 3 nitrogen and oxygen atoms in total. The summed E-state index contributed by atoms with van der Waals surface area (Å²) in [5.41, 5.74) is 0. The largest absolute Gasteiger partial charge is 3.00 e. The summed E-state index contributed by atoms with van der Waals surface area (Å²) in [6, 6.07) is 0. The van der Waals surface area contributed by atoms with E-state index in [0.717, 1.165) is 0 Å². The van der Waals surface area contributed by atoms with Crippen LogP contribution in [0.2, 0.25) is 0 Å². The Balaban J connectivity index is 0. The van der Waals surface area contributed by atoms with Crippen molar-refractivity contribution in [3.63, 3.8) is 0 Å². The molecule has 46 valence electrons. The van der Waals surface area contributed by atoms with E-state index in [4.69, 9.17) is 0 Å². The maximum absolute atomic E-state index is 0. The third-order valence-corrected chi connectivity index (χ3v) is 0. The van der Waals surface area contributed by atoms with Crippen molar-refractivity contribution in [2.75, 3.05) is 0 Å². The average Bonchev–Trinajstić information content (AvgIpc) is 0. The van der Waals surface area contributed by atoms with Gasteiger partial charge in [0.25, 0.3) is 0 Å². The van der Waals surface area contributed by atoms with Crippen molar-refractivity contribution >= 4 is 0 Å². The minimum Gasteiger partial charge on any atom is -2.00 e. The molecule has 0 N–H and O–H groups in total. The second kappa shape index (κ2) is 76.0. The summed E-state index contributed by atoms with van der Waals surface area (Å²) >= 11 is 0. The van der Waals surface area contributed by atoms with E-state index in [0.29, 0.717) is 0 Å². The summed E-state index contributed by atoms with van der Waals surface area (Å²) in [7, 11) is 0. The maximum atomic E-state index is 0. The number of rotatable bonds is 0. The van der Waals surface area contributed by atoms with Crippen LogP contribution in [0, 0.1) is 155 Å². The van der Waals surface area contributed by atoms with Gasteiger partial charge in [-0.15, -0.1) is 0 Å². The fourth-order valence-corrected chi connectivity index (χ4v) is 0. The molecule has 0 aliphatic heterocycles. The Labute approximate surface area is 279 Å². The fraction of sp³-hybridized carbons (Fsp3) is 0. The predicted octanol–water partition coefficient (Wildman–Crippen LogP) is -0.366. The van der Waals surface area contributed by atoms with Gasteiger partial charge >= 0.3 is 65.4 Å². The topological polar surface area (TPSA) is 85.5 Å². The molecule has 0 spiro atoms. The molecule has 0 saturated heterocycles. The monoisotopic (exact) mass is 963 g/mol. The van der Waals surface area contributed by atoms with E-state index in [2.05, 4.69) is 0 Å². The fourth-order valence-electron chi connectivity index (χ4n) is 0. The molecule has 0 aromatic carbocycles. The molecule has 0 unspecified atom stereocenters. The predicted molar refractivity (Wildman–Crippen MR) is 2.06 cm³/mol. The van der Waals surface area contributed by atoms with Crippen molar-refractivity contribution in [2.45, 2.75) is 0 Å². The van der Waals surface area contributed by atoms with Gasteiger partial charge in [0.15, 0.2) is 0 Å². The van der Waals surface area contributed by atoms with Gasteiger partial charge in [-0.05, 0) is 0 Å². The molecule has 0 rings (SSSR count). The second-order valence-electron chi connectivity index (χ2n) is 0. The van der Waals surface area contributed by atoms with Crippen LogP contribution in [0.25, 0.3) is 0 Å². The Hall–Kier alpha value is 9.00. The first-order valence-corrected chi connectivity index (χ1v) is 0. The van der Waals surface area contributed by atoms with E-state index >= 15 is 0 Å². The number of hydrogen-bond acceptors (Lipinski definition) is 0. The molecule has 0 fully saturated rings. The number of hydrogen-bond donors (Lipinski definition) is 0. The third-order valence-electron chi connectivity index (χ3n) is 0. The van der Waals surface area contributed by atoms with Gasteiger partial charge < -0.3 is 16.4 Å². The van der Waals surface area contributed by atoms with Gasteiger partial charge in [0.1, 0.15) is 0 Å². The molecule has 11 heavy (non-hydrogen) atoms. The minimum atomic E-state index is 0. The van der Waals surface area contributed by atoms with Crippen LogP contribution in [0.5, 0.6) is 0 Å². The van der Waals surface area contributed by atoms with Gasteiger partial charge in [-0.1, -0.05) is 0 Å². The first kappa shape index (κ1) is 89.2. The van der Waals surface area contributed by atoms with Gasteiger partial charge in [0, 0.05) is 207 Å². The quantitative estimate of drug-likeness (QED) is 0.318. The molecule has 11 heteroatoms. The standard InChI is InChI=1S/2Ce.2La.3O.2Y.2Zr/q;;;;3*-2;2*+3;;. The Kier molecular flexibility index (Phi) is 616. The Morgan fingerprint density at radius 2 is 0.455 bits per heavy atom. The van der Waals surface area contributed by atoms with Crippen LogP contribution in [0.1, 0.15) is 0 Å². The summed E-state index contributed by atoms with van der Waals surface area (Å²) in [6.07, 6.45) is 0. The van der Waals surface area contributed by atoms with E-state index in [1.165, 1.54) is 0 Å². The second-order valence-corrected chi connectivity index (χ2v) is 0. The normalized spacial score (nSPS) is 0. The smallest absolute Gasteiger partial charge is 2.00 e. The molecule has 0 amide bonds. The van der Waals surface area contributed by atoms with Crippen molar-refractivity contribution in [1.82, 2.24) is 0 Å². The summed E-state index contributed by atoms with van der Waals surface area (Å²) in [5.74, 6) is 0. The van der Waals surface area contributed by atoms with Crippen molar-refractivity contribution in [1.29, 1.82) is 0 Å². The Morgan fingerprint density at radius 1 is 0.455 bits per heavy atom. The molecule has 0 aromatic rings. The minimum absolute atomic E-state index is 0. The van der Waals surface area contributed by atoms with Crippen molar-refractivity contribution < 1.29 is 289 Å². The summed E-state index contributed by atoms with van der Waals surface area (Å²) in [4.78, 5) is 0. The first-order valence-electron chi connectivity index (χ1n) is 0. The van der Waals surface area contributed by atoms with Crippen LogP contribution in [0.4, 0.5) is 0 Å². The zero-order valence-corrected chi connectivity index (χ0v) is 29.7. The molecule has 0 bridgehead atoms. The van der Waals surface area contributed by atoms with Gasteiger partial charge in [-0.25, -0.2) is 0 Å². The molecule has 2 radical (unpaired) electrons. The first-order chi connectivity index (χ1) is 0. The third kappa shape index (κ3) is 67.8. The van der Waals surface area contributed by atoms with Crippen LogP contribution in [0.15, 0.2) is 0 Å². The van der Waals surface area contributed by atoms with Gasteiger partial charge in [-0.3, -0.25) is 0 Å². The molecule has 0 aliphatic carbocycles. The van der Waals surface area contributed by atoms with Crippen molar-refractivity contribution in [3.05, 3.63) is 0 Å². The Morgan fingerprint density at radius 3 is 0.455 bits per heavy atom. The SMILES string of the molecule is [Ce].[Ce].[La].[La].[O-2].[O-2].[O-2].[Y+3].[Y+3].[Zr].[Zr]. The molecule has 0 aliphatic rings. The van der Waals surface area contributed by atoms with Crippen molar-refractivity contribution in [3.8, 4) is 0 Å². The summed E-state index contributed by atoms with van der Waals surface area (Å²) in [5, 5.41) is 0. The van der Waals surface area contributed by atoms with E-state index in [9.17, 15) is 0 Å². The van der Waals surface area contributed by atoms with Crippen LogP contribution >= 0.6 is 0 Å². The average molecular weight is 966 g/mol. The van der Waals surface area contributed by atoms with E-state index in [1.54, 1.807) is 0 Å². The van der Waals surface area contributed by atoms with Crippen molar-refractivity contribution in [2.24, 2.45) is 0 Å². The van der Waals surface area contributed by atoms with E-state index in [-0.39, 0.29) is 289 Å². The van der Waals surface area contributed by atoms with Gasteiger partial charge in [0.2, 0.25) is 0 Å². The molecule has 0 atom stereocenters. The zero-order valence-electron chi connectivity index (χ0n) is 5.53.